The average Bonchev–Trinajstić information content (AvgIpc) is 2.27. The molecule has 3 nitrogen and oxygen atoms in total. The Bertz CT molecular complexity index is 463. The van der Waals surface area contributed by atoms with Gasteiger partial charge in [-0.3, -0.25) is 4.79 Å². The minimum atomic E-state index is -4.51. The van der Waals surface area contributed by atoms with E-state index >= 15 is 0 Å². The molecular weight excluding hydrogens is 281 g/mol. The maximum atomic E-state index is 12.6. The van der Waals surface area contributed by atoms with Gasteiger partial charge >= 0.3 is 6.18 Å². The fraction of sp³-hybridized carbons (Fsp3) is 0.417. The van der Waals surface area contributed by atoms with Crippen LogP contribution in [0.25, 0.3) is 0 Å². The van der Waals surface area contributed by atoms with E-state index in [1.807, 2.05) is 0 Å². The van der Waals surface area contributed by atoms with E-state index in [0.29, 0.717) is 13.0 Å². The zero-order chi connectivity index (χ0) is 14.6. The number of anilines is 1. The summed E-state index contributed by atoms with van der Waals surface area (Å²) < 4.78 is 37.7. The van der Waals surface area contributed by atoms with Gasteiger partial charge in [-0.1, -0.05) is 18.5 Å². The first-order chi connectivity index (χ1) is 8.74. The Kier molecular flexibility index (Phi) is 5.20. The van der Waals surface area contributed by atoms with Gasteiger partial charge in [-0.05, 0) is 31.2 Å². The van der Waals surface area contributed by atoms with Crippen LogP contribution in [0.5, 0.6) is 0 Å². The van der Waals surface area contributed by atoms with Crippen LogP contribution in [0, 0.1) is 5.92 Å². The molecular formula is C12H14ClF3N2O. The van der Waals surface area contributed by atoms with Crippen LogP contribution in [0.4, 0.5) is 18.9 Å². The molecule has 0 aromatic heterocycles. The van der Waals surface area contributed by atoms with E-state index < -0.39 is 11.7 Å². The Hall–Kier alpha value is -1.27. The molecule has 0 saturated carbocycles. The third-order valence-electron chi connectivity index (χ3n) is 2.54. The highest BCUT2D eigenvalue weighted by Gasteiger charge is 2.31. The maximum Gasteiger partial charge on any atom is 0.416 e. The molecule has 1 atom stereocenters. The Morgan fingerprint density at radius 1 is 1.42 bits per heavy atom. The smallest absolute Gasteiger partial charge is 0.330 e. The van der Waals surface area contributed by atoms with Crippen LogP contribution >= 0.6 is 11.6 Å². The highest BCUT2D eigenvalue weighted by molar-refractivity contribution is 6.31. The summed E-state index contributed by atoms with van der Waals surface area (Å²) in [6.07, 6.45) is -4.05. The minimum Gasteiger partial charge on any atom is -0.330 e. The molecule has 1 rings (SSSR count). The lowest BCUT2D eigenvalue weighted by molar-refractivity contribution is -0.137. The number of rotatable bonds is 4. The molecule has 0 radical (unpaired) electrons. The molecule has 0 aliphatic carbocycles. The highest BCUT2D eigenvalue weighted by atomic mass is 35.5. The quantitative estimate of drug-likeness (QED) is 0.895. The van der Waals surface area contributed by atoms with E-state index in [4.69, 9.17) is 17.3 Å². The molecule has 0 spiro atoms. The average molecular weight is 295 g/mol. The molecule has 3 N–H and O–H groups in total. The first-order valence-electron chi connectivity index (χ1n) is 5.62. The van der Waals surface area contributed by atoms with E-state index in [1.54, 1.807) is 6.92 Å². The van der Waals surface area contributed by atoms with Gasteiger partial charge in [-0.15, -0.1) is 0 Å². The second-order valence-corrected chi connectivity index (χ2v) is 4.63. The van der Waals surface area contributed by atoms with Gasteiger partial charge < -0.3 is 11.1 Å². The van der Waals surface area contributed by atoms with Crippen molar-refractivity contribution in [2.24, 2.45) is 11.7 Å². The number of carbonyl (C=O) groups excluding carboxylic acids is 1. The number of hydrogen-bond acceptors (Lipinski definition) is 2. The number of nitrogens with one attached hydrogen (secondary N) is 1. The summed E-state index contributed by atoms with van der Waals surface area (Å²) >= 11 is 5.61. The summed E-state index contributed by atoms with van der Waals surface area (Å²) in [6.45, 7) is 1.98. The number of nitrogens with two attached hydrogens (primary N) is 1. The van der Waals surface area contributed by atoms with Crippen molar-refractivity contribution in [3.63, 3.8) is 0 Å². The second kappa shape index (κ2) is 6.25. The van der Waals surface area contributed by atoms with Gasteiger partial charge in [0.25, 0.3) is 0 Å². The van der Waals surface area contributed by atoms with E-state index in [2.05, 4.69) is 5.32 Å². The van der Waals surface area contributed by atoms with Crippen molar-refractivity contribution in [2.45, 2.75) is 19.5 Å². The van der Waals surface area contributed by atoms with E-state index in [9.17, 15) is 18.0 Å². The molecule has 106 valence electrons. The van der Waals surface area contributed by atoms with Crippen molar-refractivity contribution in [2.75, 3.05) is 11.9 Å². The molecule has 0 heterocycles. The Balaban J connectivity index is 2.90. The predicted octanol–water partition coefficient (Wildman–Crippen LogP) is 3.28. The molecule has 1 aromatic rings. The summed E-state index contributed by atoms with van der Waals surface area (Å²) in [5.74, 6) is -0.765. The summed E-state index contributed by atoms with van der Waals surface area (Å²) in [5.41, 5.74) is 4.44. The van der Waals surface area contributed by atoms with Crippen LogP contribution in [0.2, 0.25) is 5.02 Å². The van der Waals surface area contributed by atoms with Crippen LogP contribution in [-0.2, 0) is 11.0 Å². The molecule has 1 unspecified atom stereocenters. The van der Waals surface area contributed by atoms with Crippen molar-refractivity contribution in [1.82, 2.24) is 0 Å². The minimum absolute atomic E-state index is 0.0219. The number of carbonyl (C=O) groups is 1. The van der Waals surface area contributed by atoms with E-state index in [-0.39, 0.29) is 22.5 Å². The molecule has 1 aromatic carbocycles. The van der Waals surface area contributed by atoms with Crippen LogP contribution in [0.3, 0.4) is 0 Å². The van der Waals surface area contributed by atoms with E-state index in [1.165, 1.54) is 6.07 Å². The van der Waals surface area contributed by atoms with Gasteiger partial charge in [0.15, 0.2) is 0 Å². The summed E-state index contributed by atoms with van der Waals surface area (Å²) in [4.78, 5) is 11.7. The first kappa shape index (κ1) is 15.8. The normalized spacial score (nSPS) is 13.2. The van der Waals surface area contributed by atoms with Crippen molar-refractivity contribution in [3.05, 3.63) is 28.8 Å². The predicted molar refractivity (Wildman–Crippen MR) is 67.9 cm³/mol. The van der Waals surface area contributed by atoms with Gasteiger partial charge in [0.2, 0.25) is 5.91 Å². The lowest BCUT2D eigenvalue weighted by Gasteiger charge is -2.13. The number of hydrogen-bond donors (Lipinski definition) is 2. The molecule has 0 aliphatic rings. The Morgan fingerprint density at radius 2 is 2.05 bits per heavy atom. The monoisotopic (exact) mass is 294 g/mol. The maximum absolute atomic E-state index is 12.6. The van der Waals surface area contributed by atoms with Gasteiger partial charge in [-0.25, -0.2) is 0 Å². The SMILES string of the molecule is CC(CCN)C(=O)Nc1cc(Cl)cc(C(F)(F)F)c1. The number of halogens is 4. The first-order valence-corrected chi connectivity index (χ1v) is 6.00. The van der Waals surface area contributed by atoms with Crippen LogP contribution < -0.4 is 11.1 Å². The molecule has 19 heavy (non-hydrogen) atoms. The van der Waals surface area contributed by atoms with Crippen LogP contribution in [0.15, 0.2) is 18.2 Å². The highest BCUT2D eigenvalue weighted by Crippen LogP contribution is 2.33. The second-order valence-electron chi connectivity index (χ2n) is 4.19. The van der Waals surface area contributed by atoms with Gasteiger partial charge in [0.05, 0.1) is 5.56 Å². The fourth-order valence-electron chi connectivity index (χ4n) is 1.47. The molecule has 0 saturated heterocycles. The molecule has 7 heteroatoms. The van der Waals surface area contributed by atoms with E-state index in [0.717, 1.165) is 12.1 Å². The molecule has 1 amide bonds. The number of benzene rings is 1. The molecule has 0 aliphatic heterocycles. The molecule has 0 bridgehead atoms. The number of alkyl halides is 3. The largest absolute Gasteiger partial charge is 0.416 e. The van der Waals surface area contributed by atoms with Gasteiger partial charge in [0, 0.05) is 16.6 Å². The summed E-state index contributed by atoms with van der Waals surface area (Å²) in [5, 5.41) is 2.31. The molecule has 0 fully saturated rings. The summed E-state index contributed by atoms with van der Waals surface area (Å²) in [7, 11) is 0. The summed E-state index contributed by atoms with van der Waals surface area (Å²) in [6, 6.07) is 2.92. The Labute approximate surface area is 113 Å². The Morgan fingerprint density at radius 3 is 2.58 bits per heavy atom. The zero-order valence-electron chi connectivity index (χ0n) is 10.2. The lowest BCUT2D eigenvalue weighted by atomic mass is 10.1. The van der Waals surface area contributed by atoms with Crippen molar-refractivity contribution in [3.8, 4) is 0 Å². The zero-order valence-corrected chi connectivity index (χ0v) is 11.0. The van der Waals surface area contributed by atoms with Crippen molar-refractivity contribution in [1.29, 1.82) is 0 Å². The van der Waals surface area contributed by atoms with Crippen LogP contribution in [-0.4, -0.2) is 12.5 Å². The van der Waals surface area contributed by atoms with Gasteiger partial charge in [0.1, 0.15) is 0 Å². The third kappa shape index (κ3) is 4.72. The number of amides is 1. The standard InChI is InChI=1S/C12H14ClF3N2O/c1-7(2-3-17)11(19)18-10-5-8(12(14,15)16)4-9(13)6-10/h4-7H,2-3,17H2,1H3,(H,18,19). The third-order valence-corrected chi connectivity index (χ3v) is 2.76. The van der Waals surface area contributed by atoms with Crippen molar-refractivity contribution < 1.29 is 18.0 Å². The topological polar surface area (TPSA) is 55.1 Å². The fourth-order valence-corrected chi connectivity index (χ4v) is 1.71. The lowest BCUT2D eigenvalue weighted by Crippen LogP contribution is -2.23. The van der Waals surface area contributed by atoms with Crippen molar-refractivity contribution >= 4 is 23.2 Å². The van der Waals surface area contributed by atoms with Crippen LogP contribution in [0.1, 0.15) is 18.9 Å². The van der Waals surface area contributed by atoms with Gasteiger partial charge in [-0.2, -0.15) is 13.2 Å².